The number of nitrogens with one attached hydrogen (secondary N) is 1. The Balaban J connectivity index is 3.25. The Kier molecular flexibility index (Phi) is 4.00. The summed E-state index contributed by atoms with van der Waals surface area (Å²) in [6.45, 7) is 1.58. The van der Waals surface area contributed by atoms with Crippen molar-refractivity contribution >= 4 is 17.6 Å². The third-order valence-corrected chi connectivity index (χ3v) is 2.06. The van der Waals surface area contributed by atoms with Gasteiger partial charge in [0.05, 0.1) is 12.2 Å². The van der Waals surface area contributed by atoms with Crippen molar-refractivity contribution in [2.45, 2.75) is 13.3 Å². The number of rotatable bonds is 3. The van der Waals surface area contributed by atoms with E-state index in [9.17, 15) is 18.4 Å². The van der Waals surface area contributed by atoms with Crippen LogP contribution in [0.5, 0.6) is 0 Å². The Morgan fingerprint density at radius 1 is 1.62 bits per heavy atom. The van der Waals surface area contributed by atoms with E-state index in [1.807, 2.05) is 4.98 Å². The number of halogens is 3. The van der Waals surface area contributed by atoms with Crippen LogP contribution in [-0.2, 0) is 4.74 Å². The minimum atomic E-state index is -2.88. The average Bonchev–Trinajstić information content (AvgIpc) is 2.17. The van der Waals surface area contributed by atoms with E-state index in [0.717, 1.165) is 6.07 Å². The van der Waals surface area contributed by atoms with Gasteiger partial charge in [0.1, 0.15) is 10.7 Å². The fourth-order valence-corrected chi connectivity index (χ4v) is 1.27. The van der Waals surface area contributed by atoms with Crippen molar-refractivity contribution < 1.29 is 18.3 Å². The standard InChI is InChI=1S/C9H8ClF2NO3/c1-2-16-9(15)5-3-4(7(11)12)6(10)13-8(5)14/h3,7H,2H2,1H3,(H,13,14). The number of alkyl halides is 2. The molecule has 0 aliphatic carbocycles. The van der Waals surface area contributed by atoms with Crippen LogP contribution >= 0.6 is 11.6 Å². The summed E-state index contributed by atoms with van der Waals surface area (Å²) < 4.78 is 29.4. The molecular weight excluding hydrogens is 244 g/mol. The number of carbonyl (C=O) groups excluding carboxylic acids is 1. The highest BCUT2D eigenvalue weighted by molar-refractivity contribution is 6.30. The fourth-order valence-electron chi connectivity index (χ4n) is 1.04. The molecule has 0 fully saturated rings. The molecule has 1 aromatic heterocycles. The van der Waals surface area contributed by atoms with Crippen LogP contribution in [0.1, 0.15) is 29.3 Å². The molecule has 0 aliphatic rings. The first-order valence-corrected chi connectivity index (χ1v) is 4.73. The highest BCUT2D eigenvalue weighted by atomic mass is 35.5. The number of ether oxygens (including phenoxy) is 1. The van der Waals surface area contributed by atoms with Gasteiger partial charge in [-0.25, -0.2) is 13.6 Å². The molecule has 0 spiro atoms. The predicted octanol–water partition coefficient (Wildman–Crippen LogP) is 2.14. The fraction of sp³-hybridized carbons (Fsp3) is 0.333. The zero-order valence-corrected chi connectivity index (χ0v) is 8.98. The molecule has 1 rings (SSSR count). The van der Waals surface area contributed by atoms with Crippen LogP contribution in [-0.4, -0.2) is 17.6 Å². The summed E-state index contributed by atoms with van der Waals surface area (Å²) in [5.74, 6) is -0.956. The number of aromatic amines is 1. The third kappa shape index (κ3) is 2.57. The molecule has 1 heterocycles. The van der Waals surface area contributed by atoms with Gasteiger partial charge in [0.2, 0.25) is 0 Å². The number of aromatic nitrogens is 1. The second-order valence-corrected chi connectivity index (χ2v) is 3.18. The number of pyridine rings is 1. The Labute approximate surface area is 94.2 Å². The normalized spacial score (nSPS) is 10.6. The largest absolute Gasteiger partial charge is 0.462 e. The maximum absolute atomic E-state index is 12.4. The van der Waals surface area contributed by atoms with E-state index in [-0.39, 0.29) is 6.61 Å². The van der Waals surface area contributed by atoms with Crippen LogP contribution in [0, 0.1) is 0 Å². The molecule has 0 amide bonds. The lowest BCUT2D eigenvalue weighted by Crippen LogP contribution is -2.20. The molecule has 4 nitrogen and oxygen atoms in total. The van der Waals surface area contributed by atoms with E-state index in [4.69, 9.17) is 11.6 Å². The van der Waals surface area contributed by atoms with Crippen LogP contribution in [0.25, 0.3) is 0 Å². The van der Waals surface area contributed by atoms with Crippen LogP contribution in [0.3, 0.4) is 0 Å². The minimum Gasteiger partial charge on any atom is -0.462 e. The molecule has 0 bridgehead atoms. The van der Waals surface area contributed by atoms with Gasteiger partial charge in [-0.3, -0.25) is 4.79 Å². The number of H-pyrrole nitrogens is 1. The first kappa shape index (κ1) is 12.6. The Bertz CT molecular complexity index is 459. The lowest BCUT2D eigenvalue weighted by atomic mass is 10.2. The highest BCUT2D eigenvalue weighted by Gasteiger charge is 2.19. The van der Waals surface area contributed by atoms with Crippen LogP contribution in [0.4, 0.5) is 8.78 Å². The highest BCUT2D eigenvalue weighted by Crippen LogP contribution is 2.24. The summed E-state index contributed by atoms with van der Waals surface area (Å²) in [7, 11) is 0. The summed E-state index contributed by atoms with van der Waals surface area (Å²) in [4.78, 5) is 24.4. The van der Waals surface area contributed by atoms with E-state index < -0.39 is 34.2 Å². The second kappa shape index (κ2) is 5.07. The van der Waals surface area contributed by atoms with Crippen LogP contribution in [0.15, 0.2) is 10.9 Å². The van der Waals surface area contributed by atoms with Crippen molar-refractivity contribution in [1.82, 2.24) is 4.98 Å². The van der Waals surface area contributed by atoms with Gasteiger partial charge in [0.25, 0.3) is 12.0 Å². The molecule has 1 aromatic rings. The van der Waals surface area contributed by atoms with Gasteiger partial charge in [0.15, 0.2) is 0 Å². The molecule has 88 valence electrons. The van der Waals surface area contributed by atoms with Crippen molar-refractivity contribution in [3.05, 3.63) is 32.7 Å². The van der Waals surface area contributed by atoms with Gasteiger partial charge < -0.3 is 9.72 Å². The molecule has 0 radical (unpaired) electrons. The Morgan fingerprint density at radius 3 is 2.75 bits per heavy atom. The number of esters is 1. The third-order valence-electron chi connectivity index (χ3n) is 1.75. The summed E-state index contributed by atoms with van der Waals surface area (Å²) >= 11 is 5.39. The molecule has 0 unspecified atom stereocenters. The van der Waals surface area contributed by atoms with Gasteiger partial charge in [-0.05, 0) is 13.0 Å². The molecular formula is C9H8ClF2NO3. The predicted molar refractivity (Wildman–Crippen MR) is 53.0 cm³/mol. The van der Waals surface area contributed by atoms with E-state index in [0.29, 0.717) is 0 Å². The van der Waals surface area contributed by atoms with Crippen molar-refractivity contribution in [3.8, 4) is 0 Å². The van der Waals surface area contributed by atoms with Gasteiger partial charge in [-0.15, -0.1) is 0 Å². The quantitative estimate of drug-likeness (QED) is 0.661. The van der Waals surface area contributed by atoms with Gasteiger partial charge >= 0.3 is 5.97 Å². The smallest absolute Gasteiger partial charge is 0.343 e. The molecule has 16 heavy (non-hydrogen) atoms. The van der Waals surface area contributed by atoms with Gasteiger partial charge in [0, 0.05) is 0 Å². The van der Waals surface area contributed by atoms with Gasteiger partial charge in [-0.1, -0.05) is 11.6 Å². The van der Waals surface area contributed by atoms with Gasteiger partial charge in [-0.2, -0.15) is 0 Å². The van der Waals surface area contributed by atoms with Crippen molar-refractivity contribution in [3.63, 3.8) is 0 Å². The number of hydrogen-bond acceptors (Lipinski definition) is 3. The first-order valence-electron chi connectivity index (χ1n) is 4.35. The maximum atomic E-state index is 12.4. The Hall–Kier alpha value is -1.43. The molecule has 7 heteroatoms. The molecule has 0 saturated carbocycles. The van der Waals surface area contributed by atoms with E-state index in [1.165, 1.54) is 6.92 Å². The summed E-state index contributed by atoms with van der Waals surface area (Å²) in [5, 5.41) is -0.479. The maximum Gasteiger partial charge on any atom is 0.343 e. The molecule has 0 aliphatic heterocycles. The number of hydrogen-bond donors (Lipinski definition) is 1. The van der Waals surface area contributed by atoms with E-state index in [1.54, 1.807) is 0 Å². The Morgan fingerprint density at radius 2 is 2.25 bits per heavy atom. The molecule has 0 aromatic carbocycles. The lowest BCUT2D eigenvalue weighted by Gasteiger charge is -2.05. The summed E-state index contributed by atoms with van der Waals surface area (Å²) in [5.41, 5.74) is -1.95. The van der Waals surface area contributed by atoms with Crippen LogP contribution in [0.2, 0.25) is 5.15 Å². The molecule has 1 N–H and O–H groups in total. The minimum absolute atomic E-state index is 0.0465. The second-order valence-electron chi connectivity index (χ2n) is 2.80. The van der Waals surface area contributed by atoms with E-state index >= 15 is 0 Å². The SMILES string of the molecule is CCOC(=O)c1cc(C(F)F)c(Cl)[nH]c1=O. The summed E-state index contributed by atoms with van der Waals surface area (Å²) in [6.07, 6.45) is -2.88. The monoisotopic (exact) mass is 251 g/mol. The topological polar surface area (TPSA) is 59.2 Å². The lowest BCUT2D eigenvalue weighted by molar-refractivity contribution is 0.0523. The van der Waals surface area contributed by atoms with Crippen molar-refractivity contribution in [2.24, 2.45) is 0 Å². The zero-order chi connectivity index (χ0) is 12.3. The molecule has 0 saturated heterocycles. The van der Waals surface area contributed by atoms with Crippen molar-refractivity contribution in [1.29, 1.82) is 0 Å². The van der Waals surface area contributed by atoms with Crippen molar-refractivity contribution in [2.75, 3.05) is 6.61 Å². The molecule has 0 atom stereocenters. The average molecular weight is 252 g/mol. The van der Waals surface area contributed by atoms with Crippen LogP contribution < -0.4 is 5.56 Å². The summed E-state index contributed by atoms with van der Waals surface area (Å²) in [6, 6.07) is 0.740. The zero-order valence-electron chi connectivity index (χ0n) is 8.22. The number of carbonyl (C=O) groups is 1. The first-order chi connectivity index (χ1) is 7.47. The van der Waals surface area contributed by atoms with E-state index in [2.05, 4.69) is 4.74 Å².